The molecule has 0 radical (unpaired) electrons. The molecular weight excluding hydrogens is 370 g/mol. The maximum Gasteiger partial charge on any atom is 0.267 e. The molecule has 1 aromatic heterocycles. The minimum absolute atomic E-state index is 0.224. The van der Waals surface area contributed by atoms with Crippen molar-refractivity contribution >= 4 is 11.6 Å². The van der Waals surface area contributed by atoms with Crippen LogP contribution in [0.1, 0.15) is 11.1 Å². The quantitative estimate of drug-likeness (QED) is 0.696. The standard InChI is InChI=1S/C22H23N3O4/c1-14-5-7-17(15(2)11-14)18-8-10-22(27)25(24-18)13-21(26)23-19-12-16(28-3)6-9-20(19)29-4/h5-12H,13H2,1-4H3,(H,23,26). The van der Waals surface area contributed by atoms with Crippen LogP contribution in [0.15, 0.2) is 53.3 Å². The number of ether oxygens (including phenoxy) is 2. The second-order valence-electron chi connectivity index (χ2n) is 6.65. The van der Waals surface area contributed by atoms with Crippen LogP contribution >= 0.6 is 0 Å². The molecule has 7 heteroatoms. The summed E-state index contributed by atoms with van der Waals surface area (Å²) >= 11 is 0. The Morgan fingerprint density at radius 2 is 1.83 bits per heavy atom. The molecule has 7 nitrogen and oxygen atoms in total. The number of carbonyl (C=O) groups is 1. The fourth-order valence-corrected chi connectivity index (χ4v) is 3.04. The van der Waals surface area contributed by atoms with E-state index >= 15 is 0 Å². The number of hydrogen-bond donors (Lipinski definition) is 1. The van der Waals surface area contributed by atoms with Crippen molar-refractivity contribution in [1.82, 2.24) is 9.78 Å². The molecule has 0 aliphatic rings. The van der Waals surface area contributed by atoms with E-state index in [4.69, 9.17) is 9.47 Å². The monoisotopic (exact) mass is 393 g/mol. The number of carbonyl (C=O) groups excluding carboxylic acids is 1. The van der Waals surface area contributed by atoms with Crippen molar-refractivity contribution in [3.05, 3.63) is 70.0 Å². The topological polar surface area (TPSA) is 82.4 Å². The molecule has 1 N–H and O–H groups in total. The van der Waals surface area contributed by atoms with Gasteiger partial charge >= 0.3 is 0 Å². The molecule has 0 saturated carbocycles. The van der Waals surface area contributed by atoms with Gasteiger partial charge in [-0.05, 0) is 37.6 Å². The average molecular weight is 393 g/mol. The lowest BCUT2D eigenvalue weighted by molar-refractivity contribution is -0.117. The molecule has 3 aromatic rings. The fourth-order valence-electron chi connectivity index (χ4n) is 3.04. The highest BCUT2D eigenvalue weighted by molar-refractivity contribution is 5.92. The summed E-state index contributed by atoms with van der Waals surface area (Å²) in [5, 5.41) is 7.12. The Morgan fingerprint density at radius 3 is 2.52 bits per heavy atom. The Hall–Kier alpha value is -3.61. The lowest BCUT2D eigenvalue weighted by Crippen LogP contribution is -2.29. The third kappa shape index (κ3) is 4.63. The van der Waals surface area contributed by atoms with Crippen molar-refractivity contribution < 1.29 is 14.3 Å². The Labute approximate surface area is 168 Å². The highest BCUT2D eigenvalue weighted by Gasteiger charge is 2.12. The second kappa shape index (κ2) is 8.60. The molecule has 0 aliphatic heterocycles. The Balaban J connectivity index is 1.85. The first-order chi connectivity index (χ1) is 13.9. The summed E-state index contributed by atoms with van der Waals surface area (Å²) < 4.78 is 11.6. The van der Waals surface area contributed by atoms with Gasteiger partial charge in [0.2, 0.25) is 5.91 Å². The van der Waals surface area contributed by atoms with Crippen molar-refractivity contribution in [3.63, 3.8) is 0 Å². The third-order valence-corrected chi connectivity index (χ3v) is 4.50. The summed E-state index contributed by atoms with van der Waals surface area (Å²) in [4.78, 5) is 24.8. The van der Waals surface area contributed by atoms with Crippen LogP contribution in [0.4, 0.5) is 5.69 Å². The minimum Gasteiger partial charge on any atom is -0.497 e. The summed E-state index contributed by atoms with van der Waals surface area (Å²) in [6.07, 6.45) is 0. The van der Waals surface area contributed by atoms with E-state index in [0.29, 0.717) is 22.9 Å². The van der Waals surface area contributed by atoms with E-state index in [2.05, 4.69) is 10.4 Å². The number of benzene rings is 2. The summed E-state index contributed by atoms with van der Waals surface area (Å²) in [7, 11) is 3.05. The van der Waals surface area contributed by atoms with E-state index in [0.717, 1.165) is 21.4 Å². The van der Waals surface area contributed by atoms with Gasteiger partial charge in [0.1, 0.15) is 18.0 Å². The molecule has 0 fully saturated rings. The predicted molar refractivity (Wildman–Crippen MR) is 112 cm³/mol. The summed E-state index contributed by atoms with van der Waals surface area (Å²) in [5.41, 5.74) is 3.84. The molecule has 29 heavy (non-hydrogen) atoms. The van der Waals surface area contributed by atoms with Gasteiger partial charge in [0.15, 0.2) is 0 Å². The van der Waals surface area contributed by atoms with E-state index < -0.39 is 5.91 Å². The predicted octanol–water partition coefficient (Wildman–Crippen LogP) is 3.18. The zero-order valence-corrected chi connectivity index (χ0v) is 16.9. The molecule has 1 heterocycles. The van der Waals surface area contributed by atoms with Gasteiger partial charge in [-0.2, -0.15) is 5.10 Å². The first-order valence-corrected chi connectivity index (χ1v) is 9.09. The van der Waals surface area contributed by atoms with Crippen LogP contribution in [0.2, 0.25) is 0 Å². The van der Waals surface area contributed by atoms with E-state index in [9.17, 15) is 9.59 Å². The Bertz CT molecular complexity index is 1110. The molecule has 1 amide bonds. The molecule has 0 bridgehead atoms. The van der Waals surface area contributed by atoms with Crippen molar-refractivity contribution in [2.75, 3.05) is 19.5 Å². The van der Waals surface area contributed by atoms with Crippen LogP contribution < -0.4 is 20.3 Å². The molecule has 0 spiro atoms. The zero-order chi connectivity index (χ0) is 21.0. The van der Waals surface area contributed by atoms with Crippen LogP contribution in [-0.4, -0.2) is 29.9 Å². The van der Waals surface area contributed by atoms with Gasteiger partial charge < -0.3 is 14.8 Å². The van der Waals surface area contributed by atoms with E-state index in [1.165, 1.54) is 20.3 Å². The average Bonchev–Trinajstić information content (AvgIpc) is 2.69. The highest BCUT2D eigenvalue weighted by atomic mass is 16.5. The van der Waals surface area contributed by atoms with Gasteiger partial charge in [-0.15, -0.1) is 0 Å². The van der Waals surface area contributed by atoms with Crippen LogP contribution in [0.5, 0.6) is 11.5 Å². The van der Waals surface area contributed by atoms with E-state index in [-0.39, 0.29) is 12.1 Å². The smallest absolute Gasteiger partial charge is 0.267 e. The molecule has 0 aliphatic carbocycles. The van der Waals surface area contributed by atoms with Gasteiger partial charge in [0.05, 0.1) is 25.6 Å². The minimum atomic E-state index is -0.399. The van der Waals surface area contributed by atoms with Crippen molar-refractivity contribution in [2.45, 2.75) is 20.4 Å². The first-order valence-electron chi connectivity index (χ1n) is 9.09. The lowest BCUT2D eigenvalue weighted by Gasteiger charge is -2.13. The van der Waals surface area contributed by atoms with E-state index in [1.54, 1.807) is 24.3 Å². The second-order valence-corrected chi connectivity index (χ2v) is 6.65. The molecule has 0 unspecified atom stereocenters. The van der Waals surface area contributed by atoms with E-state index in [1.807, 2.05) is 32.0 Å². The molecule has 0 atom stereocenters. The molecular formula is C22H23N3O4. The maximum atomic E-state index is 12.6. The SMILES string of the molecule is COc1ccc(OC)c(NC(=O)Cn2nc(-c3ccc(C)cc3C)ccc2=O)c1. The number of nitrogens with zero attached hydrogens (tertiary/aromatic N) is 2. The number of aromatic nitrogens is 2. The number of aryl methyl sites for hydroxylation is 2. The van der Waals surface area contributed by atoms with Crippen molar-refractivity contribution in [2.24, 2.45) is 0 Å². The largest absolute Gasteiger partial charge is 0.497 e. The van der Waals surface area contributed by atoms with Crippen LogP contribution in [-0.2, 0) is 11.3 Å². The zero-order valence-electron chi connectivity index (χ0n) is 16.9. The summed E-state index contributed by atoms with van der Waals surface area (Å²) in [6.45, 7) is 3.78. The van der Waals surface area contributed by atoms with Gasteiger partial charge in [-0.1, -0.05) is 23.8 Å². The normalized spacial score (nSPS) is 10.5. The Morgan fingerprint density at radius 1 is 1.03 bits per heavy atom. The van der Waals surface area contributed by atoms with Gasteiger partial charge in [0.25, 0.3) is 5.56 Å². The van der Waals surface area contributed by atoms with Gasteiger partial charge in [0, 0.05) is 17.7 Å². The number of anilines is 1. The molecule has 150 valence electrons. The van der Waals surface area contributed by atoms with Gasteiger partial charge in [-0.3, -0.25) is 9.59 Å². The number of rotatable bonds is 6. The van der Waals surface area contributed by atoms with Crippen molar-refractivity contribution in [1.29, 1.82) is 0 Å². The van der Waals surface area contributed by atoms with Crippen molar-refractivity contribution in [3.8, 4) is 22.8 Å². The number of methoxy groups -OCH3 is 2. The van der Waals surface area contributed by atoms with Crippen LogP contribution in [0.25, 0.3) is 11.3 Å². The molecule has 3 rings (SSSR count). The lowest BCUT2D eigenvalue weighted by atomic mass is 10.0. The Kier molecular flexibility index (Phi) is 5.97. The molecule has 0 saturated heterocycles. The van der Waals surface area contributed by atoms with Crippen LogP contribution in [0.3, 0.4) is 0 Å². The van der Waals surface area contributed by atoms with Gasteiger partial charge in [-0.25, -0.2) is 4.68 Å². The number of hydrogen-bond acceptors (Lipinski definition) is 5. The number of amides is 1. The third-order valence-electron chi connectivity index (χ3n) is 4.50. The highest BCUT2D eigenvalue weighted by Crippen LogP contribution is 2.28. The fraction of sp³-hybridized carbons (Fsp3) is 0.227. The first kappa shape index (κ1) is 20.1. The summed E-state index contributed by atoms with van der Waals surface area (Å²) in [5.74, 6) is 0.667. The van der Waals surface area contributed by atoms with Crippen LogP contribution in [0, 0.1) is 13.8 Å². The molecule has 2 aromatic carbocycles. The summed E-state index contributed by atoms with van der Waals surface area (Å²) in [6, 6.07) is 14.2. The number of nitrogens with one attached hydrogen (secondary N) is 1. The maximum absolute atomic E-state index is 12.6.